The van der Waals surface area contributed by atoms with E-state index in [0.717, 1.165) is 19.3 Å². The Kier molecular flexibility index (Phi) is 5.68. The maximum Gasteiger partial charge on any atom is 0.224 e. The molecule has 5 heteroatoms. The van der Waals surface area contributed by atoms with Gasteiger partial charge in [0.15, 0.2) is 0 Å². The number of nitrogen functional groups attached to an aromatic ring is 1. The van der Waals surface area contributed by atoms with Crippen molar-refractivity contribution in [2.75, 3.05) is 17.7 Å². The Morgan fingerprint density at radius 3 is 2.90 bits per heavy atom. The SMILES string of the molecule is Nc1ccc(Cl)cc1NC(=O)CCCOC1CCCC1. The van der Waals surface area contributed by atoms with E-state index in [1.807, 2.05) is 0 Å². The lowest BCUT2D eigenvalue weighted by Gasteiger charge is -2.11. The smallest absolute Gasteiger partial charge is 0.224 e. The predicted octanol–water partition coefficient (Wildman–Crippen LogP) is 3.60. The zero-order valence-corrected chi connectivity index (χ0v) is 12.3. The third-order valence-corrected chi connectivity index (χ3v) is 3.73. The molecule has 1 fully saturated rings. The van der Waals surface area contributed by atoms with Crippen LogP contribution in [-0.2, 0) is 9.53 Å². The number of anilines is 2. The zero-order valence-electron chi connectivity index (χ0n) is 11.5. The second-order valence-electron chi connectivity index (χ2n) is 5.16. The molecule has 0 unspecified atom stereocenters. The Labute approximate surface area is 124 Å². The number of carbonyl (C=O) groups excluding carboxylic acids is 1. The minimum Gasteiger partial charge on any atom is -0.397 e. The molecule has 1 aromatic carbocycles. The molecule has 0 heterocycles. The summed E-state index contributed by atoms with van der Waals surface area (Å²) in [5.41, 5.74) is 6.86. The van der Waals surface area contributed by atoms with Gasteiger partial charge in [-0.3, -0.25) is 4.79 Å². The lowest BCUT2D eigenvalue weighted by atomic mass is 10.2. The number of halogens is 1. The maximum absolute atomic E-state index is 11.8. The van der Waals surface area contributed by atoms with E-state index in [1.165, 1.54) is 12.8 Å². The lowest BCUT2D eigenvalue weighted by molar-refractivity contribution is -0.116. The van der Waals surface area contributed by atoms with Crippen LogP contribution in [0.5, 0.6) is 0 Å². The monoisotopic (exact) mass is 296 g/mol. The van der Waals surface area contributed by atoms with Gasteiger partial charge < -0.3 is 15.8 Å². The molecule has 2 rings (SSSR count). The van der Waals surface area contributed by atoms with E-state index in [-0.39, 0.29) is 5.91 Å². The Bertz CT molecular complexity index is 459. The minimum absolute atomic E-state index is 0.0611. The summed E-state index contributed by atoms with van der Waals surface area (Å²) in [5, 5.41) is 3.33. The number of ether oxygens (including phenoxy) is 1. The van der Waals surface area contributed by atoms with Crippen molar-refractivity contribution in [2.24, 2.45) is 0 Å². The van der Waals surface area contributed by atoms with Crippen LogP contribution in [0.25, 0.3) is 0 Å². The molecule has 0 spiro atoms. The van der Waals surface area contributed by atoms with Crippen molar-refractivity contribution in [3.63, 3.8) is 0 Å². The highest BCUT2D eigenvalue weighted by Gasteiger charge is 2.15. The van der Waals surface area contributed by atoms with Gasteiger partial charge in [0.25, 0.3) is 0 Å². The second kappa shape index (κ2) is 7.50. The van der Waals surface area contributed by atoms with E-state index >= 15 is 0 Å². The minimum atomic E-state index is -0.0611. The first-order valence-electron chi connectivity index (χ1n) is 7.11. The fraction of sp³-hybridized carbons (Fsp3) is 0.533. The Morgan fingerprint density at radius 1 is 1.40 bits per heavy atom. The number of nitrogens with two attached hydrogens (primary N) is 1. The number of benzene rings is 1. The van der Waals surface area contributed by atoms with Gasteiger partial charge in [-0.15, -0.1) is 0 Å². The molecule has 110 valence electrons. The van der Waals surface area contributed by atoms with Gasteiger partial charge in [0, 0.05) is 18.1 Å². The summed E-state index contributed by atoms with van der Waals surface area (Å²) >= 11 is 5.87. The van der Waals surface area contributed by atoms with E-state index in [4.69, 9.17) is 22.1 Å². The number of carbonyl (C=O) groups is 1. The molecule has 20 heavy (non-hydrogen) atoms. The molecule has 1 amide bonds. The number of nitrogens with one attached hydrogen (secondary N) is 1. The summed E-state index contributed by atoms with van der Waals surface area (Å²) in [6, 6.07) is 5.03. The molecule has 1 aliphatic carbocycles. The van der Waals surface area contributed by atoms with Gasteiger partial charge in [0.05, 0.1) is 17.5 Å². The lowest BCUT2D eigenvalue weighted by Crippen LogP contribution is -2.15. The van der Waals surface area contributed by atoms with Gasteiger partial charge in [-0.25, -0.2) is 0 Å². The fourth-order valence-corrected chi connectivity index (χ4v) is 2.56. The molecule has 1 aromatic rings. The van der Waals surface area contributed by atoms with Crippen LogP contribution >= 0.6 is 11.6 Å². The van der Waals surface area contributed by atoms with Crippen molar-refractivity contribution in [3.05, 3.63) is 23.2 Å². The third-order valence-electron chi connectivity index (χ3n) is 3.49. The summed E-state index contributed by atoms with van der Waals surface area (Å²) in [4.78, 5) is 11.8. The second-order valence-corrected chi connectivity index (χ2v) is 5.60. The Balaban J connectivity index is 1.68. The highest BCUT2D eigenvalue weighted by Crippen LogP contribution is 2.23. The zero-order chi connectivity index (χ0) is 14.4. The van der Waals surface area contributed by atoms with Crippen molar-refractivity contribution in [2.45, 2.75) is 44.6 Å². The van der Waals surface area contributed by atoms with Crippen molar-refractivity contribution >= 4 is 28.9 Å². The van der Waals surface area contributed by atoms with Crippen LogP contribution in [0, 0.1) is 0 Å². The first-order valence-corrected chi connectivity index (χ1v) is 7.49. The molecular formula is C15H21ClN2O2. The molecule has 0 aliphatic heterocycles. The van der Waals surface area contributed by atoms with Gasteiger partial charge in [-0.2, -0.15) is 0 Å². The molecule has 3 N–H and O–H groups in total. The number of hydrogen-bond donors (Lipinski definition) is 2. The van der Waals surface area contributed by atoms with Gasteiger partial charge in [0.2, 0.25) is 5.91 Å². The third kappa shape index (κ3) is 4.69. The Morgan fingerprint density at radius 2 is 2.15 bits per heavy atom. The number of hydrogen-bond acceptors (Lipinski definition) is 3. The quantitative estimate of drug-likeness (QED) is 0.623. The van der Waals surface area contributed by atoms with Crippen molar-refractivity contribution in [1.29, 1.82) is 0 Å². The molecule has 0 aromatic heterocycles. The van der Waals surface area contributed by atoms with Crippen LogP contribution in [0.4, 0.5) is 11.4 Å². The van der Waals surface area contributed by atoms with E-state index in [9.17, 15) is 4.79 Å². The average molecular weight is 297 g/mol. The van der Waals surface area contributed by atoms with Crippen LogP contribution < -0.4 is 11.1 Å². The molecule has 4 nitrogen and oxygen atoms in total. The summed E-state index contributed by atoms with van der Waals surface area (Å²) in [6.07, 6.45) is 6.40. The van der Waals surface area contributed by atoms with Crippen LogP contribution in [0.15, 0.2) is 18.2 Å². The molecule has 1 aliphatic rings. The predicted molar refractivity (Wildman–Crippen MR) is 81.9 cm³/mol. The van der Waals surface area contributed by atoms with E-state index in [2.05, 4.69) is 5.32 Å². The van der Waals surface area contributed by atoms with Crippen LogP contribution in [-0.4, -0.2) is 18.6 Å². The van der Waals surface area contributed by atoms with Crippen molar-refractivity contribution in [3.8, 4) is 0 Å². The first-order chi connectivity index (χ1) is 9.65. The highest BCUT2D eigenvalue weighted by molar-refractivity contribution is 6.31. The average Bonchev–Trinajstić information content (AvgIpc) is 2.92. The summed E-state index contributed by atoms with van der Waals surface area (Å²) < 4.78 is 5.72. The normalized spacial score (nSPS) is 15.4. The summed E-state index contributed by atoms with van der Waals surface area (Å²) in [5.74, 6) is -0.0611. The topological polar surface area (TPSA) is 64.3 Å². The van der Waals surface area contributed by atoms with E-state index in [1.54, 1.807) is 18.2 Å². The molecule has 0 radical (unpaired) electrons. The van der Waals surface area contributed by atoms with Crippen LogP contribution in [0.1, 0.15) is 38.5 Å². The van der Waals surface area contributed by atoms with Crippen LogP contribution in [0.3, 0.4) is 0 Å². The maximum atomic E-state index is 11.8. The summed E-state index contributed by atoms with van der Waals surface area (Å²) in [6.45, 7) is 0.642. The molecule has 0 saturated heterocycles. The summed E-state index contributed by atoms with van der Waals surface area (Å²) in [7, 11) is 0. The molecular weight excluding hydrogens is 276 g/mol. The van der Waals surface area contributed by atoms with Crippen LogP contribution in [0.2, 0.25) is 5.02 Å². The van der Waals surface area contributed by atoms with E-state index in [0.29, 0.717) is 35.5 Å². The van der Waals surface area contributed by atoms with Gasteiger partial charge in [-0.1, -0.05) is 24.4 Å². The number of amides is 1. The van der Waals surface area contributed by atoms with Crippen molar-refractivity contribution < 1.29 is 9.53 Å². The van der Waals surface area contributed by atoms with Gasteiger partial charge in [-0.05, 0) is 37.5 Å². The first kappa shape index (κ1) is 15.1. The largest absolute Gasteiger partial charge is 0.397 e. The highest BCUT2D eigenvalue weighted by atomic mass is 35.5. The Hall–Kier alpha value is -1.26. The van der Waals surface area contributed by atoms with Gasteiger partial charge in [0.1, 0.15) is 0 Å². The fourth-order valence-electron chi connectivity index (χ4n) is 2.39. The van der Waals surface area contributed by atoms with E-state index < -0.39 is 0 Å². The standard InChI is InChI=1S/C15H21ClN2O2/c16-11-7-8-13(17)14(10-11)18-15(19)6-3-9-20-12-4-1-2-5-12/h7-8,10,12H,1-6,9,17H2,(H,18,19). The van der Waals surface area contributed by atoms with Gasteiger partial charge >= 0.3 is 0 Å². The molecule has 0 atom stereocenters. The van der Waals surface area contributed by atoms with Crippen molar-refractivity contribution in [1.82, 2.24) is 0 Å². The molecule has 1 saturated carbocycles. The number of rotatable bonds is 6. The molecule has 0 bridgehead atoms.